The molecule has 5 nitrogen and oxygen atoms in total. The number of amides is 1. The minimum atomic E-state index is -3.47. The number of carbonyl (C=O) groups is 1. The highest BCUT2D eigenvalue weighted by Gasteiger charge is 2.37. The van der Waals surface area contributed by atoms with Crippen LogP contribution in [0.25, 0.3) is 17.2 Å². The van der Waals surface area contributed by atoms with E-state index >= 15 is 4.39 Å². The van der Waals surface area contributed by atoms with Crippen LogP contribution >= 0.6 is 0 Å². The molecule has 0 aromatic heterocycles. The summed E-state index contributed by atoms with van der Waals surface area (Å²) in [5.74, 6) is -0.688. The molecular formula is C26H23FN2O3S. The van der Waals surface area contributed by atoms with Crippen LogP contribution in [0.2, 0.25) is 0 Å². The second-order valence-corrected chi connectivity index (χ2v) is 10.4. The summed E-state index contributed by atoms with van der Waals surface area (Å²) in [5, 5.41) is 0. The van der Waals surface area contributed by atoms with Crippen LogP contribution in [0.3, 0.4) is 0 Å². The van der Waals surface area contributed by atoms with Crippen LogP contribution in [0.4, 0.5) is 10.1 Å². The molecule has 5 rings (SSSR count). The monoisotopic (exact) mass is 462 g/mol. The number of fused-ring (bicyclic) bond motifs is 1. The zero-order valence-corrected chi connectivity index (χ0v) is 18.9. The SMILES string of the molecule is CS(=O)(=O)c1ccccc1-c1ccc(N2CC[C@H](N3C=Cc4ccccc4C3)C2=O)c(F)c1. The number of carbonyl (C=O) groups excluding carboxylic acids is 1. The van der Waals surface area contributed by atoms with E-state index < -0.39 is 15.7 Å². The molecule has 1 saturated heterocycles. The third-order valence-corrected chi connectivity index (χ3v) is 7.42. The van der Waals surface area contributed by atoms with Crippen molar-refractivity contribution in [2.24, 2.45) is 0 Å². The highest BCUT2D eigenvalue weighted by Crippen LogP contribution is 2.34. The van der Waals surface area contributed by atoms with Crippen LogP contribution in [-0.2, 0) is 21.2 Å². The first kappa shape index (κ1) is 21.4. The Balaban J connectivity index is 1.40. The van der Waals surface area contributed by atoms with Crippen molar-refractivity contribution in [3.05, 3.63) is 89.9 Å². The van der Waals surface area contributed by atoms with Crippen LogP contribution in [0.1, 0.15) is 17.5 Å². The summed E-state index contributed by atoms with van der Waals surface area (Å²) < 4.78 is 39.5. The normalized spacial score (nSPS) is 18.0. The molecule has 0 aliphatic carbocycles. The number of anilines is 1. The van der Waals surface area contributed by atoms with Crippen molar-refractivity contribution < 1.29 is 17.6 Å². The van der Waals surface area contributed by atoms with Crippen LogP contribution in [0.5, 0.6) is 0 Å². The smallest absolute Gasteiger partial charge is 0.249 e. The van der Waals surface area contributed by atoms with Crippen LogP contribution < -0.4 is 4.90 Å². The summed E-state index contributed by atoms with van der Waals surface area (Å²) in [5.41, 5.74) is 3.41. The van der Waals surface area contributed by atoms with Gasteiger partial charge in [-0.3, -0.25) is 4.79 Å². The first-order valence-electron chi connectivity index (χ1n) is 10.8. The number of rotatable bonds is 4. The molecular weight excluding hydrogens is 439 g/mol. The molecule has 0 N–H and O–H groups in total. The number of halogens is 1. The first-order valence-corrected chi connectivity index (χ1v) is 12.6. The quantitative estimate of drug-likeness (QED) is 0.573. The van der Waals surface area contributed by atoms with Gasteiger partial charge in [-0.25, -0.2) is 12.8 Å². The second kappa shape index (κ2) is 8.15. The molecule has 168 valence electrons. The van der Waals surface area contributed by atoms with E-state index in [1.807, 2.05) is 35.4 Å². The topological polar surface area (TPSA) is 57.7 Å². The van der Waals surface area contributed by atoms with Crippen LogP contribution in [0, 0.1) is 5.82 Å². The van der Waals surface area contributed by atoms with Crippen molar-refractivity contribution in [3.8, 4) is 11.1 Å². The van der Waals surface area contributed by atoms with Gasteiger partial charge >= 0.3 is 0 Å². The molecule has 0 radical (unpaired) electrons. The Morgan fingerprint density at radius 1 is 1.00 bits per heavy atom. The molecule has 0 bridgehead atoms. The lowest BCUT2D eigenvalue weighted by atomic mass is 10.0. The number of hydrogen-bond donors (Lipinski definition) is 0. The van der Waals surface area contributed by atoms with E-state index in [1.165, 1.54) is 17.0 Å². The Kier molecular flexibility index (Phi) is 5.29. The van der Waals surface area contributed by atoms with Gasteiger partial charge in [0.05, 0.1) is 10.6 Å². The molecule has 7 heteroatoms. The molecule has 33 heavy (non-hydrogen) atoms. The Morgan fingerprint density at radius 2 is 1.76 bits per heavy atom. The average molecular weight is 463 g/mol. The summed E-state index contributed by atoms with van der Waals surface area (Å²) in [6, 6.07) is 18.8. The highest BCUT2D eigenvalue weighted by atomic mass is 32.2. The van der Waals surface area contributed by atoms with Crippen LogP contribution in [0.15, 0.2) is 77.8 Å². The minimum absolute atomic E-state index is 0.137. The van der Waals surface area contributed by atoms with Crippen molar-refractivity contribution in [1.82, 2.24) is 4.90 Å². The molecule has 1 amide bonds. The molecule has 0 unspecified atom stereocenters. The molecule has 1 fully saturated rings. The van der Waals surface area contributed by atoms with Gasteiger partial charge in [0.2, 0.25) is 5.91 Å². The van der Waals surface area contributed by atoms with Gasteiger partial charge in [-0.2, -0.15) is 0 Å². The molecule has 0 spiro atoms. The maximum atomic E-state index is 15.2. The van der Waals surface area contributed by atoms with Gasteiger partial charge < -0.3 is 9.80 Å². The van der Waals surface area contributed by atoms with Crippen molar-refractivity contribution in [3.63, 3.8) is 0 Å². The van der Waals surface area contributed by atoms with E-state index in [4.69, 9.17) is 0 Å². The number of hydrogen-bond acceptors (Lipinski definition) is 4. The molecule has 2 heterocycles. The summed E-state index contributed by atoms with van der Waals surface area (Å²) in [6.07, 6.45) is 5.68. The molecule has 0 saturated carbocycles. The summed E-state index contributed by atoms with van der Waals surface area (Å²) in [4.78, 5) is 16.9. The summed E-state index contributed by atoms with van der Waals surface area (Å²) in [6.45, 7) is 1.06. The van der Waals surface area contributed by atoms with Crippen LogP contribution in [-0.4, -0.2) is 38.1 Å². The predicted octanol–water partition coefficient (Wildman–Crippen LogP) is 4.49. The van der Waals surface area contributed by atoms with E-state index in [0.29, 0.717) is 30.6 Å². The van der Waals surface area contributed by atoms with Gasteiger partial charge in [0.25, 0.3) is 0 Å². The highest BCUT2D eigenvalue weighted by molar-refractivity contribution is 7.90. The zero-order chi connectivity index (χ0) is 23.2. The molecule has 2 aliphatic heterocycles. The van der Waals surface area contributed by atoms with E-state index in [2.05, 4.69) is 6.07 Å². The molecule has 3 aromatic carbocycles. The van der Waals surface area contributed by atoms with E-state index in [0.717, 1.165) is 17.4 Å². The van der Waals surface area contributed by atoms with E-state index in [9.17, 15) is 13.2 Å². The van der Waals surface area contributed by atoms with Crippen molar-refractivity contribution in [1.29, 1.82) is 0 Å². The Hall–Kier alpha value is -3.45. The van der Waals surface area contributed by atoms with Crippen molar-refractivity contribution in [2.45, 2.75) is 23.9 Å². The van der Waals surface area contributed by atoms with E-state index in [1.54, 1.807) is 30.3 Å². The average Bonchev–Trinajstić information content (AvgIpc) is 3.19. The Labute approximate surface area is 192 Å². The standard InChI is InChI=1S/C26H23FN2O3S/c1-33(31,32)25-9-5-4-8-21(25)19-10-11-23(22(27)16-19)29-15-13-24(26(29)30)28-14-12-18-6-2-3-7-20(18)17-28/h2-12,14,16,24H,13,15,17H2,1H3/t24-/m0/s1. The van der Waals surface area contributed by atoms with E-state index in [-0.39, 0.29) is 22.5 Å². The number of nitrogens with zero attached hydrogens (tertiary/aromatic N) is 2. The maximum absolute atomic E-state index is 15.2. The van der Waals surface area contributed by atoms with Gasteiger partial charge in [-0.15, -0.1) is 0 Å². The third kappa shape index (κ3) is 3.93. The van der Waals surface area contributed by atoms with Gasteiger partial charge in [0.1, 0.15) is 11.9 Å². The largest absolute Gasteiger partial charge is 0.361 e. The first-order chi connectivity index (χ1) is 15.8. The number of benzene rings is 3. The van der Waals surface area contributed by atoms with Gasteiger partial charge in [0, 0.05) is 31.1 Å². The fourth-order valence-electron chi connectivity index (χ4n) is 4.61. The predicted molar refractivity (Wildman–Crippen MR) is 127 cm³/mol. The van der Waals surface area contributed by atoms with Gasteiger partial charge in [-0.1, -0.05) is 48.5 Å². The lowest BCUT2D eigenvalue weighted by Gasteiger charge is -2.30. The van der Waals surface area contributed by atoms with Gasteiger partial charge in [-0.05, 0) is 47.4 Å². The third-order valence-electron chi connectivity index (χ3n) is 6.27. The lowest BCUT2D eigenvalue weighted by molar-refractivity contribution is -0.121. The van der Waals surface area contributed by atoms with Gasteiger partial charge in [0.15, 0.2) is 9.84 Å². The zero-order valence-electron chi connectivity index (χ0n) is 18.1. The Bertz CT molecular complexity index is 1380. The summed E-state index contributed by atoms with van der Waals surface area (Å²) in [7, 11) is -3.47. The summed E-state index contributed by atoms with van der Waals surface area (Å²) >= 11 is 0. The Morgan fingerprint density at radius 3 is 2.55 bits per heavy atom. The molecule has 3 aromatic rings. The fraction of sp³-hybridized carbons (Fsp3) is 0.192. The van der Waals surface area contributed by atoms with Crippen molar-refractivity contribution in [2.75, 3.05) is 17.7 Å². The van der Waals surface area contributed by atoms with Crippen molar-refractivity contribution >= 4 is 27.5 Å². The maximum Gasteiger partial charge on any atom is 0.249 e. The lowest BCUT2D eigenvalue weighted by Crippen LogP contribution is -2.39. The number of sulfone groups is 1. The molecule has 2 aliphatic rings. The fourth-order valence-corrected chi connectivity index (χ4v) is 5.53. The molecule has 1 atom stereocenters. The minimum Gasteiger partial charge on any atom is -0.361 e. The second-order valence-electron chi connectivity index (χ2n) is 8.42.